The van der Waals surface area contributed by atoms with E-state index in [1.54, 1.807) is 0 Å². The van der Waals surface area contributed by atoms with Gasteiger partial charge in [-0.2, -0.15) is 0 Å². The lowest BCUT2D eigenvalue weighted by Crippen LogP contribution is -2.56. The minimum atomic E-state index is -0.541. The summed E-state index contributed by atoms with van der Waals surface area (Å²) in [5, 5.41) is 0. The second kappa shape index (κ2) is 6.88. The van der Waals surface area contributed by atoms with Crippen molar-refractivity contribution in [2.45, 2.75) is 76.3 Å². The third kappa shape index (κ3) is 3.48. The van der Waals surface area contributed by atoms with Gasteiger partial charge in [0.1, 0.15) is 0 Å². The third-order valence-electron chi connectivity index (χ3n) is 6.16. The third-order valence-corrected chi connectivity index (χ3v) is 6.16. The Morgan fingerprint density at radius 1 is 1.09 bits per heavy atom. The smallest absolute Gasteiger partial charge is 0.242 e. The van der Waals surface area contributed by atoms with Crippen LogP contribution in [0.5, 0.6) is 0 Å². The summed E-state index contributed by atoms with van der Waals surface area (Å²) in [6, 6.07) is 0.718. The van der Waals surface area contributed by atoms with E-state index in [-0.39, 0.29) is 5.91 Å². The van der Waals surface area contributed by atoms with E-state index in [4.69, 9.17) is 5.73 Å². The monoisotopic (exact) mass is 307 g/mol. The molecule has 22 heavy (non-hydrogen) atoms. The minimum Gasteiger partial charge on any atom is -0.341 e. The Morgan fingerprint density at radius 3 is 2.59 bits per heavy atom. The summed E-state index contributed by atoms with van der Waals surface area (Å²) in [5.41, 5.74) is 5.84. The molecule has 2 unspecified atom stereocenters. The number of nitrogens with two attached hydrogens (primary N) is 1. The fourth-order valence-corrected chi connectivity index (χ4v) is 4.69. The largest absolute Gasteiger partial charge is 0.341 e. The zero-order valence-corrected chi connectivity index (χ0v) is 14.2. The van der Waals surface area contributed by atoms with Gasteiger partial charge in [0.05, 0.1) is 5.54 Å². The minimum absolute atomic E-state index is 0.237. The Hall–Kier alpha value is -0.610. The van der Waals surface area contributed by atoms with Crippen molar-refractivity contribution in [3.8, 4) is 0 Å². The summed E-state index contributed by atoms with van der Waals surface area (Å²) in [6.45, 7) is 6.62. The molecule has 3 rings (SSSR count). The van der Waals surface area contributed by atoms with E-state index in [1.165, 1.54) is 38.8 Å². The SMILES string of the molecule is CC1CCCCN1CC1CCCN(C(=O)C2(N)CCCC2)C1. The summed E-state index contributed by atoms with van der Waals surface area (Å²) >= 11 is 0. The highest BCUT2D eigenvalue weighted by molar-refractivity contribution is 5.86. The van der Waals surface area contributed by atoms with Crippen LogP contribution in [0.3, 0.4) is 0 Å². The molecule has 4 heteroatoms. The molecule has 3 fully saturated rings. The molecule has 0 radical (unpaired) electrons. The van der Waals surface area contributed by atoms with E-state index in [0.717, 1.165) is 51.2 Å². The van der Waals surface area contributed by atoms with Crippen LogP contribution in [0.2, 0.25) is 0 Å². The molecule has 1 amide bonds. The number of carbonyl (C=O) groups is 1. The Morgan fingerprint density at radius 2 is 1.86 bits per heavy atom. The Balaban J connectivity index is 1.56. The quantitative estimate of drug-likeness (QED) is 0.871. The van der Waals surface area contributed by atoms with Crippen LogP contribution in [0.4, 0.5) is 0 Å². The molecule has 126 valence electrons. The maximum Gasteiger partial charge on any atom is 0.242 e. The number of nitrogens with zero attached hydrogens (tertiary/aromatic N) is 2. The number of rotatable bonds is 3. The van der Waals surface area contributed by atoms with Crippen LogP contribution in [-0.2, 0) is 4.79 Å². The van der Waals surface area contributed by atoms with Crippen molar-refractivity contribution >= 4 is 5.91 Å². The summed E-state index contributed by atoms with van der Waals surface area (Å²) < 4.78 is 0. The van der Waals surface area contributed by atoms with Crippen LogP contribution >= 0.6 is 0 Å². The topological polar surface area (TPSA) is 49.6 Å². The first-order valence-corrected chi connectivity index (χ1v) is 9.41. The lowest BCUT2D eigenvalue weighted by Gasteiger charge is -2.41. The van der Waals surface area contributed by atoms with Gasteiger partial charge >= 0.3 is 0 Å². The molecule has 0 spiro atoms. The van der Waals surface area contributed by atoms with Crippen LogP contribution in [0.25, 0.3) is 0 Å². The van der Waals surface area contributed by atoms with Gasteiger partial charge in [-0.15, -0.1) is 0 Å². The van der Waals surface area contributed by atoms with Gasteiger partial charge in [-0.25, -0.2) is 0 Å². The summed E-state index contributed by atoms with van der Waals surface area (Å²) in [7, 11) is 0. The van der Waals surface area contributed by atoms with E-state index < -0.39 is 5.54 Å². The normalized spacial score (nSPS) is 33.1. The number of piperidine rings is 2. The van der Waals surface area contributed by atoms with E-state index in [9.17, 15) is 4.79 Å². The average Bonchev–Trinajstić information content (AvgIpc) is 2.97. The number of carbonyl (C=O) groups excluding carboxylic acids is 1. The summed E-state index contributed by atoms with van der Waals surface area (Å²) in [6.07, 6.45) is 10.5. The molecule has 2 saturated heterocycles. The number of hydrogen-bond acceptors (Lipinski definition) is 3. The zero-order chi connectivity index (χ0) is 15.6. The molecule has 2 N–H and O–H groups in total. The van der Waals surface area contributed by atoms with Crippen molar-refractivity contribution in [2.24, 2.45) is 11.7 Å². The predicted octanol–water partition coefficient (Wildman–Crippen LogP) is 2.37. The first-order valence-electron chi connectivity index (χ1n) is 9.41. The van der Waals surface area contributed by atoms with E-state index in [2.05, 4.69) is 16.7 Å². The predicted molar refractivity (Wildman–Crippen MR) is 89.6 cm³/mol. The van der Waals surface area contributed by atoms with Crippen molar-refractivity contribution in [1.29, 1.82) is 0 Å². The number of hydrogen-bond donors (Lipinski definition) is 1. The summed E-state index contributed by atoms with van der Waals surface area (Å²) in [5.74, 6) is 0.879. The van der Waals surface area contributed by atoms with E-state index >= 15 is 0 Å². The molecule has 2 atom stereocenters. The molecule has 4 nitrogen and oxygen atoms in total. The van der Waals surface area contributed by atoms with Crippen LogP contribution in [0.15, 0.2) is 0 Å². The Bertz CT molecular complexity index is 392. The van der Waals surface area contributed by atoms with E-state index in [1.807, 2.05) is 0 Å². The van der Waals surface area contributed by atoms with Crippen molar-refractivity contribution in [3.05, 3.63) is 0 Å². The van der Waals surface area contributed by atoms with Crippen molar-refractivity contribution in [2.75, 3.05) is 26.2 Å². The first kappa shape index (κ1) is 16.3. The molecule has 1 aliphatic carbocycles. The lowest BCUT2D eigenvalue weighted by molar-refractivity contribution is -0.138. The average molecular weight is 307 g/mol. The Kier molecular flexibility index (Phi) is 5.08. The maximum absolute atomic E-state index is 12.8. The zero-order valence-electron chi connectivity index (χ0n) is 14.2. The molecule has 2 aliphatic heterocycles. The fourth-order valence-electron chi connectivity index (χ4n) is 4.69. The molecule has 0 aromatic heterocycles. The highest BCUT2D eigenvalue weighted by atomic mass is 16.2. The first-order chi connectivity index (χ1) is 10.6. The molecule has 2 heterocycles. The molecule has 1 saturated carbocycles. The molecular weight excluding hydrogens is 274 g/mol. The van der Waals surface area contributed by atoms with Crippen LogP contribution in [0, 0.1) is 5.92 Å². The van der Waals surface area contributed by atoms with Gasteiger partial charge in [-0.1, -0.05) is 19.3 Å². The molecule has 0 bridgehead atoms. The van der Waals surface area contributed by atoms with Gasteiger partial charge in [0.2, 0.25) is 5.91 Å². The van der Waals surface area contributed by atoms with Gasteiger partial charge in [0.15, 0.2) is 0 Å². The van der Waals surface area contributed by atoms with Crippen molar-refractivity contribution < 1.29 is 4.79 Å². The highest BCUT2D eigenvalue weighted by Crippen LogP contribution is 2.31. The van der Waals surface area contributed by atoms with Crippen LogP contribution < -0.4 is 5.73 Å². The van der Waals surface area contributed by atoms with E-state index in [0.29, 0.717) is 5.92 Å². The fraction of sp³-hybridized carbons (Fsp3) is 0.944. The van der Waals surface area contributed by atoms with Crippen LogP contribution in [0.1, 0.15) is 64.7 Å². The molecule has 0 aromatic rings. The lowest BCUT2D eigenvalue weighted by atomic mass is 9.91. The van der Waals surface area contributed by atoms with Crippen LogP contribution in [-0.4, -0.2) is 53.5 Å². The highest BCUT2D eigenvalue weighted by Gasteiger charge is 2.41. The number of amides is 1. The summed E-state index contributed by atoms with van der Waals surface area (Å²) in [4.78, 5) is 17.6. The van der Waals surface area contributed by atoms with Gasteiger partial charge in [0.25, 0.3) is 0 Å². The second-order valence-corrected chi connectivity index (χ2v) is 7.96. The van der Waals surface area contributed by atoms with Gasteiger partial charge in [0, 0.05) is 25.7 Å². The number of likely N-dealkylation sites (tertiary alicyclic amines) is 2. The molecular formula is C18H33N3O. The van der Waals surface area contributed by atoms with Crippen molar-refractivity contribution in [1.82, 2.24) is 9.80 Å². The maximum atomic E-state index is 12.8. The van der Waals surface area contributed by atoms with Gasteiger partial charge in [-0.05, 0) is 57.9 Å². The van der Waals surface area contributed by atoms with Gasteiger partial charge in [-0.3, -0.25) is 4.79 Å². The molecule has 3 aliphatic rings. The van der Waals surface area contributed by atoms with Crippen molar-refractivity contribution in [3.63, 3.8) is 0 Å². The second-order valence-electron chi connectivity index (χ2n) is 7.96. The molecule has 0 aromatic carbocycles. The van der Waals surface area contributed by atoms with Gasteiger partial charge < -0.3 is 15.5 Å². The standard InChI is InChI=1S/C18H33N3O/c1-15-7-2-5-11-20(15)13-16-8-6-12-21(14-16)17(22)18(19)9-3-4-10-18/h15-16H,2-14,19H2,1H3. The Labute approximate surface area is 135 Å².